The fraction of sp³-hybridized carbons (Fsp3) is 0.333. The van der Waals surface area contributed by atoms with Crippen molar-refractivity contribution in [2.45, 2.75) is 13.3 Å². The van der Waals surface area contributed by atoms with Gasteiger partial charge in [-0.2, -0.15) is 0 Å². The maximum absolute atomic E-state index is 11.6. The van der Waals surface area contributed by atoms with Gasteiger partial charge in [-0.1, -0.05) is 37.3 Å². The van der Waals surface area contributed by atoms with Crippen molar-refractivity contribution >= 4 is 23.1 Å². The van der Waals surface area contributed by atoms with E-state index < -0.39 is 0 Å². The van der Waals surface area contributed by atoms with Crippen LogP contribution in [0.15, 0.2) is 24.3 Å². The van der Waals surface area contributed by atoms with E-state index in [4.69, 9.17) is 18.0 Å². The molecular weight excluding hydrogens is 236 g/mol. The van der Waals surface area contributed by atoms with E-state index in [1.54, 1.807) is 24.3 Å². The first kappa shape index (κ1) is 13.4. The van der Waals surface area contributed by atoms with E-state index in [1.165, 1.54) is 0 Å². The smallest absolute Gasteiger partial charge is 0.224 e. The van der Waals surface area contributed by atoms with Crippen LogP contribution in [0.3, 0.4) is 0 Å². The minimum atomic E-state index is -0.158. The number of nitrogens with one attached hydrogen (secondary N) is 1. The number of thiocarbonyl (C=S) groups is 1. The summed E-state index contributed by atoms with van der Waals surface area (Å²) < 4.78 is 0. The molecule has 1 rings (SSSR count). The number of hydrogen-bond donors (Lipinski definition) is 3. The van der Waals surface area contributed by atoms with Crippen molar-refractivity contribution in [1.82, 2.24) is 5.32 Å². The first-order valence-corrected chi connectivity index (χ1v) is 5.74. The summed E-state index contributed by atoms with van der Waals surface area (Å²) >= 11 is 4.81. The summed E-state index contributed by atoms with van der Waals surface area (Å²) in [6.45, 7) is 2.27. The fourth-order valence-electron chi connectivity index (χ4n) is 1.26. The van der Waals surface area contributed by atoms with Gasteiger partial charge in [-0.15, -0.1) is 0 Å². The summed E-state index contributed by atoms with van der Waals surface area (Å²) in [4.78, 5) is 12.0. The molecule has 5 heteroatoms. The van der Waals surface area contributed by atoms with Gasteiger partial charge in [-0.25, -0.2) is 0 Å². The molecule has 0 saturated heterocycles. The van der Waals surface area contributed by atoms with Gasteiger partial charge in [-0.05, 0) is 6.07 Å². The average Bonchev–Trinajstić information content (AvgIpc) is 2.29. The predicted molar refractivity (Wildman–Crippen MR) is 70.8 cm³/mol. The topological polar surface area (TPSA) is 75.3 Å². The molecule has 0 fully saturated rings. The van der Waals surface area contributed by atoms with Gasteiger partial charge in [0.05, 0.1) is 11.4 Å². The molecule has 0 saturated carbocycles. The molecule has 0 aliphatic carbocycles. The second-order valence-electron chi connectivity index (χ2n) is 3.91. The third kappa shape index (κ3) is 4.40. The van der Waals surface area contributed by atoms with Crippen LogP contribution in [0, 0.1) is 5.92 Å². The quantitative estimate of drug-likeness (QED) is 0.683. The van der Waals surface area contributed by atoms with Crippen LogP contribution in [0.2, 0.25) is 0 Å². The number of carbonyl (C=O) groups excluding carboxylic acids is 1. The highest BCUT2D eigenvalue weighted by molar-refractivity contribution is 7.80. The van der Waals surface area contributed by atoms with Gasteiger partial charge in [0.1, 0.15) is 5.75 Å². The number of phenolic OH excluding ortho intramolecular Hbond substituents is 1. The largest absolute Gasteiger partial charge is 0.508 e. The normalized spacial score (nSPS) is 11.8. The number of benzene rings is 1. The van der Waals surface area contributed by atoms with Gasteiger partial charge in [0.2, 0.25) is 5.91 Å². The Hall–Kier alpha value is -1.62. The Labute approximate surface area is 106 Å². The maximum atomic E-state index is 11.6. The third-order valence-electron chi connectivity index (χ3n) is 2.43. The zero-order chi connectivity index (χ0) is 12.8. The van der Waals surface area contributed by atoms with Crippen LogP contribution in [-0.4, -0.2) is 22.5 Å². The molecule has 0 aliphatic rings. The minimum absolute atomic E-state index is 0.0293. The highest BCUT2D eigenvalue weighted by Gasteiger charge is 2.09. The third-order valence-corrected chi connectivity index (χ3v) is 2.84. The maximum Gasteiger partial charge on any atom is 0.224 e. The summed E-state index contributed by atoms with van der Waals surface area (Å²) in [6, 6.07) is 6.76. The first-order valence-electron chi connectivity index (χ1n) is 5.33. The fourth-order valence-corrected chi connectivity index (χ4v) is 1.35. The molecule has 0 spiro atoms. The molecule has 92 valence electrons. The summed E-state index contributed by atoms with van der Waals surface area (Å²) in [5.74, 6) is -0.0574. The van der Waals surface area contributed by atoms with Gasteiger partial charge >= 0.3 is 0 Å². The van der Waals surface area contributed by atoms with E-state index in [1.807, 2.05) is 6.92 Å². The van der Waals surface area contributed by atoms with Gasteiger partial charge in [0, 0.05) is 18.0 Å². The summed E-state index contributed by atoms with van der Waals surface area (Å²) in [5.41, 5.74) is 6.04. The van der Waals surface area contributed by atoms with Crippen molar-refractivity contribution in [1.29, 1.82) is 0 Å². The van der Waals surface area contributed by atoms with E-state index >= 15 is 0 Å². The zero-order valence-corrected chi connectivity index (χ0v) is 10.5. The van der Waals surface area contributed by atoms with Crippen molar-refractivity contribution in [3.8, 4) is 5.75 Å². The van der Waals surface area contributed by atoms with Crippen LogP contribution in [0.1, 0.15) is 12.5 Å². The Balaban J connectivity index is 2.46. The number of phenols is 1. The lowest BCUT2D eigenvalue weighted by Gasteiger charge is -2.11. The van der Waals surface area contributed by atoms with Crippen LogP contribution < -0.4 is 11.1 Å². The highest BCUT2D eigenvalue weighted by Crippen LogP contribution is 2.15. The standard InChI is InChI=1S/C12H16N2O2S/c1-8(12(13)17)7-14-11(16)6-9-4-2-3-5-10(9)15/h2-5,8,15H,6-7H2,1H3,(H2,13,17)(H,14,16). The Morgan fingerprint density at radius 3 is 2.76 bits per heavy atom. The molecule has 1 unspecified atom stereocenters. The lowest BCUT2D eigenvalue weighted by Crippen LogP contribution is -2.34. The lowest BCUT2D eigenvalue weighted by atomic mass is 10.1. The van der Waals surface area contributed by atoms with E-state index in [9.17, 15) is 9.90 Å². The Kier molecular flexibility index (Phi) is 4.90. The summed E-state index contributed by atoms with van der Waals surface area (Å²) in [6.07, 6.45) is 0.150. The molecule has 4 nitrogen and oxygen atoms in total. The number of hydrogen-bond acceptors (Lipinski definition) is 3. The number of amides is 1. The molecular formula is C12H16N2O2S. The molecule has 1 aromatic rings. The van der Waals surface area contributed by atoms with Gasteiger partial charge in [-0.3, -0.25) is 4.79 Å². The Bertz CT molecular complexity index is 421. The number of para-hydroxylation sites is 1. The summed E-state index contributed by atoms with van der Waals surface area (Å²) in [7, 11) is 0. The predicted octanol–water partition coefficient (Wildman–Crippen LogP) is 0.973. The van der Waals surface area contributed by atoms with E-state index in [0.717, 1.165) is 0 Å². The van der Waals surface area contributed by atoms with Gasteiger partial charge in [0.15, 0.2) is 0 Å². The van der Waals surface area contributed by atoms with E-state index in [-0.39, 0.29) is 24.0 Å². The molecule has 17 heavy (non-hydrogen) atoms. The van der Waals surface area contributed by atoms with E-state index in [0.29, 0.717) is 17.1 Å². The highest BCUT2D eigenvalue weighted by atomic mass is 32.1. The van der Waals surface area contributed by atoms with Crippen molar-refractivity contribution in [3.63, 3.8) is 0 Å². The SMILES string of the molecule is CC(CNC(=O)Cc1ccccc1O)C(N)=S. The van der Waals surface area contributed by atoms with Crippen LogP contribution in [-0.2, 0) is 11.2 Å². The van der Waals surface area contributed by atoms with Crippen LogP contribution in [0.5, 0.6) is 5.75 Å². The number of aromatic hydroxyl groups is 1. The number of carbonyl (C=O) groups is 1. The second-order valence-corrected chi connectivity index (χ2v) is 4.38. The van der Waals surface area contributed by atoms with Crippen molar-refractivity contribution in [2.24, 2.45) is 11.7 Å². The van der Waals surface area contributed by atoms with Crippen LogP contribution in [0.4, 0.5) is 0 Å². The zero-order valence-electron chi connectivity index (χ0n) is 9.64. The molecule has 1 aromatic carbocycles. The lowest BCUT2D eigenvalue weighted by molar-refractivity contribution is -0.120. The van der Waals surface area contributed by atoms with Crippen molar-refractivity contribution in [2.75, 3.05) is 6.54 Å². The Morgan fingerprint density at radius 2 is 2.18 bits per heavy atom. The average molecular weight is 252 g/mol. The monoisotopic (exact) mass is 252 g/mol. The molecule has 0 aliphatic heterocycles. The minimum Gasteiger partial charge on any atom is -0.508 e. The molecule has 1 amide bonds. The first-order chi connectivity index (χ1) is 8.00. The number of rotatable bonds is 5. The van der Waals surface area contributed by atoms with Crippen molar-refractivity contribution < 1.29 is 9.90 Å². The van der Waals surface area contributed by atoms with Gasteiger partial charge < -0.3 is 16.2 Å². The van der Waals surface area contributed by atoms with Crippen LogP contribution >= 0.6 is 12.2 Å². The molecule has 0 bridgehead atoms. The second kappa shape index (κ2) is 6.20. The molecule has 0 aromatic heterocycles. The number of nitrogens with two attached hydrogens (primary N) is 1. The molecule has 1 atom stereocenters. The molecule has 4 N–H and O–H groups in total. The van der Waals surface area contributed by atoms with E-state index in [2.05, 4.69) is 5.32 Å². The summed E-state index contributed by atoms with van der Waals surface area (Å²) in [5, 5.41) is 12.2. The van der Waals surface area contributed by atoms with Crippen molar-refractivity contribution in [3.05, 3.63) is 29.8 Å². The van der Waals surface area contributed by atoms with Crippen LogP contribution in [0.25, 0.3) is 0 Å². The van der Waals surface area contributed by atoms with Gasteiger partial charge in [0.25, 0.3) is 0 Å². The Morgan fingerprint density at radius 1 is 1.53 bits per heavy atom. The molecule has 0 heterocycles. The molecule has 0 radical (unpaired) electrons.